The summed E-state index contributed by atoms with van der Waals surface area (Å²) in [4.78, 5) is 0. The van der Waals surface area contributed by atoms with Gasteiger partial charge in [-0.15, -0.1) is 0 Å². The summed E-state index contributed by atoms with van der Waals surface area (Å²) in [7, 11) is 0. The maximum absolute atomic E-state index is 9.44. The highest BCUT2D eigenvalue weighted by molar-refractivity contribution is 4.84. The molecule has 0 aliphatic carbocycles. The van der Waals surface area contributed by atoms with Crippen molar-refractivity contribution in [3.05, 3.63) is 0 Å². The van der Waals surface area contributed by atoms with Crippen molar-refractivity contribution in [1.29, 1.82) is 0 Å². The van der Waals surface area contributed by atoms with Gasteiger partial charge in [0.15, 0.2) is 0 Å². The second kappa shape index (κ2) is 4.91. The van der Waals surface area contributed by atoms with Crippen LogP contribution in [0.3, 0.4) is 0 Å². The van der Waals surface area contributed by atoms with Crippen LogP contribution in [0.4, 0.5) is 0 Å². The van der Waals surface area contributed by atoms with Crippen LogP contribution >= 0.6 is 0 Å². The molecule has 3 N–H and O–H groups in total. The molecule has 0 amide bonds. The smallest absolute Gasteiger partial charge is 0.109 e. The maximum atomic E-state index is 9.44. The van der Waals surface area contributed by atoms with Crippen LogP contribution in [0, 0.1) is 0 Å². The van der Waals surface area contributed by atoms with Gasteiger partial charge >= 0.3 is 0 Å². The molecule has 0 aromatic heterocycles. The Bertz CT molecular complexity index is 151. The number of ether oxygens (including phenoxy) is 1. The summed E-state index contributed by atoms with van der Waals surface area (Å²) in [5.41, 5.74) is 0. The molecule has 4 nitrogen and oxygen atoms in total. The summed E-state index contributed by atoms with van der Waals surface area (Å²) in [6.07, 6.45) is -0.0568. The van der Waals surface area contributed by atoms with Crippen molar-refractivity contribution in [2.24, 2.45) is 0 Å². The molecule has 4 heteroatoms. The minimum atomic E-state index is -0.946. The van der Waals surface area contributed by atoms with E-state index in [1.807, 2.05) is 6.92 Å². The molecular weight excluding hydrogens is 172 g/mol. The first-order chi connectivity index (χ1) is 6.19. The van der Waals surface area contributed by atoms with Crippen LogP contribution in [0.25, 0.3) is 0 Å². The summed E-state index contributed by atoms with van der Waals surface area (Å²) in [5, 5.41) is 27.7. The lowest BCUT2D eigenvalue weighted by Gasteiger charge is -2.36. The molecule has 0 bridgehead atoms. The molecule has 1 saturated heterocycles. The predicted octanol–water partition coefficient (Wildman–Crippen LogP) is -0.342. The molecule has 1 heterocycles. The molecule has 0 saturated carbocycles. The Labute approximate surface area is 78.1 Å². The molecule has 0 radical (unpaired) electrons. The summed E-state index contributed by atoms with van der Waals surface area (Å²) in [6.45, 7) is 1.80. The maximum Gasteiger partial charge on any atom is 0.109 e. The van der Waals surface area contributed by atoms with Gasteiger partial charge in [0.1, 0.15) is 12.2 Å². The van der Waals surface area contributed by atoms with Crippen molar-refractivity contribution in [2.75, 3.05) is 6.61 Å². The monoisotopic (exact) mass is 190 g/mol. The Morgan fingerprint density at radius 3 is 2.62 bits per heavy atom. The Hall–Kier alpha value is -0.160. The zero-order valence-corrected chi connectivity index (χ0v) is 7.89. The van der Waals surface area contributed by atoms with E-state index < -0.39 is 18.3 Å². The van der Waals surface area contributed by atoms with Crippen LogP contribution < -0.4 is 0 Å². The lowest BCUT2D eigenvalue weighted by molar-refractivity contribution is -0.180. The highest BCUT2D eigenvalue weighted by Gasteiger charge is 2.35. The second-order valence-electron chi connectivity index (χ2n) is 3.56. The van der Waals surface area contributed by atoms with Gasteiger partial charge in [0.2, 0.25) is 0 Å². The minimum absolute atomic E-state index is 0.0273. The van der Waals surface area contributed by atoms with Crippen LogP contribution in [-0.4, -0.2) is 46.3 Å². The molecule has 0 aromatic carbocycles. The van der Waals surface area contributed by atoms with Gasteiger partial charge in [0.05, 0.1) is 18.8 Å². The first-order valence-corrected chi connectivity index (χ1v) is 4.81. The van der Waals surface area contributed by atoms with Gasteiger partial charge in [0, 0.05) is 6.42 Å². The quantitative estimate of drug-likeness (QED) is 0.569. The molecule has 4 unspecified atom stereocenters. The zero-order chi connectivity index (χ0) is 9.84. The van der Waals surface area contributed by atoms with Crippen molar-refractivity contribution in [1.82, 2.24) is 0 Å². The van der Waals surface area contributed by atoms with Crippen LogP contribution in [0.2, 0.25) is 0 Å². The van der Waals surface area contributed by atoms with E-state index in [0.717, 1.165) is 12.8 Å². The molecule has 0 aromatic rings. The Kier molecular flexibility index (Phi) is 4.12. The number of aliphatic hydroxyl groups is 3. The third-order valence-corrected chi connectivity index (χ3v) is 2.44. The van der Waals surface area contributed by atoms with Crippen molar-refractivity contribution >= 4 is 0 Å². The number of hydrogen-bond acceptors (Lipinski definition) is 4. The van der Waals surface area contributed by atoms with Crippen LogP contribution in [0.1, 0.15) is 26.2 Å². The summed E-state index contributed by atoms with van der Waals surface area (Å²) in [5.74, 6) is 0. The summed E-state index contributed by atoms with van der Waals surface area (Å²) >= 11 is 0. The normalized spacial score (nSPS) is 40.6. The highest BCUT2D eigenvalue weighted by atomic mass is 16.5. The van der Waals surface area contributed by atoms with E-state index in [9.17, 15) is 10.2 Å². The average molecular weight is 190 g/mol. The van der Waals surface area contributed by atoms with Crippen molar-refractivity contribution in [2.45, 2.75) is 50.6 Å². The SMILES string of the molecule is CCCC1CC(O)C(O)C(CO)O1. The van der Waals surface area contributed by atoms with Gasteiger partial charge in [-0.1, -0.05) is 13.3 Å². The van der Waals surface area contributed by atoms with Gasteiger partial charge in [0.25, 0.3) is 0 Å². The molecular formula is C9H18O4. The van der Waals surface area contributed by atoms with Crippen LogP contribution in [-0.2, 0) is 4.74 Å². The van der Waals surface area contributed by atoms with E-state index >= 15 is 0 Å². The second-order valence-corrected chi connectivity index (χ2v) is 3.56. The molecule has 0 spiro atoms. The number of rotatable bonds is 3. The van der Waals surface area contributed by atoms with Crippen LogP contribution in [0.5, 0.6) is 0 Å². The first-order valence-electron chi connectivity index (χ1n) is 4.81. The Morgan fingerprint density at radius 2 is 2.08 bits per heavy atom. The fourth-order valence-corrected chi connectivity index (χ4v) is 1.70. The largest absolute Gasteiger partial charge is 0.394 e. The van der Waals surface area contributed by atoms with Crippen molar-refractivity contribution in [3.63, 3.8) is 0 Å². The first kappa shape index (κ1) is 10.9. The van der Waals surface area contributed by atoms with E-state index in [1.54, 1.807) is 0 Å². The van der Waals surface area contributed by atoms with Crippen LogP contribution in [0.15, 0.2) is 0 Å². The zero-order valence-electron chi connectivity index (χ0n) is 7.89. The summed E-state index contributed by atoms with van der Waals surface area (Å²) in [6, 6.07) is 0. The molecule has 1 rings (SSSR count). The predicted molar refractivity (Wildman–Crippen MR) is 47.3 cm³/mol. The summed E-state index contributed by atoms with van der Waals surface area (Å²) < 4.78 is 5.40. The highest BCUT2D eigenvalue weighted by Crippen LogP contribution is 2.22. The molecule has 1 fully saturated rings. The fraction of sp³-hybridized carbons (Fsp3) is 1.00. The van der Waals surface area contributed by atoms with Gasteiger partial charge in [-0.2, -0.15) is 0 Å². The van der Waals surface area contributed by atoms with Gasteiger partial charge in [-0.25, -0.2) is 0 Å². The van der Waals surface area contributed by atoms with E-state index in [-0.39, 0.29) is 12.7 Å². The van der Waals surface area contributed by atoms with Gasteiger partial charge < -0.3 is 20.1 Å². The Morgan fingerprint density at radius 1 is 1.38 bits per heavy atom. The lowest BCUT2D eigenvalue weighted by Crippen LogP contribution is -2.49. The topological polar surface area (TPSA) is 69.9 Å². The average Bonchev–Trinajstić information content (AvgIpc) is 2.11. The standard InChI is InChI=1S/C9H18O4/c1-2-3-6-4-7(11)9(12)8(5-10)13-6/h6-12H,2-5H2,1H3. The lowest BCUT2D eigenvalue weighted by atomic mass is 9.96. The number of aliphatic hydroxyl groups excluding tert-OH is 3. The fourth-order valence-electron chi connectivity index (χ4n) is 1.70. The van der Waals surface area contributed by atoms with Gasteiger partial charge in [-0.3, -0.25) is 0 Å². The van der Waals surface area contributed by atoms with Crippen molar-refractivity contribution < 1.29 is 20.1 Å². The molecule has 4 atom stereocenters. The molecule has 13 heavy (non-hydrogen) atoms. The third-order valence-electron chi connectivity index (χ3n) is 2.44. The number of hydrogen-bond donors (Lipinski definition) is 3. The van der Waals surface area contributed by atoms with E-state index in [1.165, 1.54) is 0 Å². The van der Waals surface area contributed by atoms with E-state index in [2.05, 4.69) is 0 Å². The third kappa shape index (κ3) is 2.64. The molecule has 1 aliphatic heterocycles. The Balaban J connectivity index is 2.47. The van der Waals surface area contributed by atoms with Crippen molar-refractivity contribution in [3.8, 4) is 0 Å². The molecule has 78 valence electrons. The van der Waals surface area contributed by atoms with Gasteiger partial charge in [-0.05, 0) is 6.42 Å². The minimum Gasteiger partial charge on any atom is -0.394 e. The van der Waals surface area contributed by atoms with E-state index in [4.69, 9.17) is 9.84 Å². The molecule has 1 aliphatic rings. The van der Waals surface area contributed by atoms with E-state index in [0.29, 0.717) is 6.42 Å².